The minimum atomic E-state index is -2.52. The predicted octanol–water partition coefficient (Wildman–Crippen LogP) is 7.35. The summed E-state index contributed by atoms with van der Waals surface area (Å²) in [5.74, 6) is -2.32. The Morgan fingerprint density at radius 2 is 1.87 bits per heavy atom. The number of nitrogens with one attached hydrogen (secondary N) is 2. The summed E-state index contributed by atoms with van der Waals surface area (Å²) < 4.78 is 30.8. The fourth-order valence-electron chi connectivity index (χ4n) is 6.02. The molecule has 2 aliphatic rings. The third-order valence-electron chi connectivity index (χ3n) is 8.08. The van der Waals surface area contributed by atoms with Gasteiger partial charge in [0.15, 0.2) is 0 Å². The van der Waals surface area contributed by atoms with Crippen LogP contribution in [0.3, 0.4) is 0 Å². The molecule has 1 saturated heterocycles. The quantitative estimate of drug-likeness (QED) is 0.295. The van der Waals surface area contributed by atoms with Gasteiger partial charge in [-0.3, -0.25) is 4.79 Å². The molecule has 3 aromatic rings. The van der Waals surface area contributed by atoms with Crippen molar-refractivity contribution in [2.45, 2.75) is 76.3 Å². The number of piperidine rings is 1. The maximum Gasteiger partial charge on any atom is 0.248 e. The lowest BCUT2D eigenvalue weighted by atomic mass is 9.86. The molecule has 0 bridgehead atoms. The van der Waals surface area contributed by atoms with Gasteiger partial charge in [-0.2, -0.15) is 0 Å². The smallest absolute Gasteiger partial charge is 0.248 e. The number of halogens is 4. The number of aryl methyl sites for hydroxylation is 1. The van der Waals surface area contributed by atoms with Gasteiger partial charge in [0, 0.05) is 59.3 Å². The second-order valence-electron chi connectivity index (χ2n) is 11.0. The van der Waals surface area contributed by atoms with Crippen LogP contribution in [0.2, 0.25) is 0 Å². The Morgan fingerprint density at radius 1 is 1.13 bits per heavy atom. The summed E-state index contributed by atoms with van der Waals surface area (Å²) in [4.78, 5) is 13.3. The Balaban J connectivity index is 0.00000336. The molecule has 0 radical (unpaired) electrons. The first-order valence-electron chi connectivity index (χ1n) is 13.5. The van der Waals surface area contributed by atoms with Crippen molar-refractivity contribution in [1.29, 1.82) is 0 Å². The molecular weight excluding hydrogens is 572 g/mol. The second kappa shape index (κ2) is 12.5. The molecule has 1 unspecified atom stereocenters. The van der Waals surface area contributed by atoms with E-state index in [1.54, 1.807) is 0 Å². The molecule has 38 heavy (non-hydrogen) atoms. The molecule has 2 aromatic carbocycles. The fraction of sp³-hybridized carbons (Fsp3) is 0.500. The molecule has 1 saturated carbocycles. The van der Waals surface area contributed by atoms with Gasteiger partial charge in [-0.05, 0) is 80.9 Å². The van der Waals surface area contributed by atoms with Gasteiger partial charge >= 0.3 is 0 Å². The standard InChI is InChI=1S/C30H36BrF2N3O.ClH/c1-20-3-2-4-22(15-20)25(17-29(37)35-24-9-13-34-14-10-24)27-19-36(28-6-5-23(31)16-26(27)28)18-21-7-11-30(32,33)12-8-21;/h2-6,15-16,19,21,24-25,34H,7-14,17-18H2,1H3,(H,35,37);1H. The second-order valence-corrected chi connectivity index (χ2v) is 11.9. The Labute approximate surface area is 238 Å². The van der Waals surface area contributed by atoms with Gasteiger partial charge in [0.05, 0.1) is 0 Å². The first-order valence-corrected chi connectivity index (χ1v) is 14.3. The van der Waals surface area contributed by atoms with Crippen LogP contribution in [0.15, 0.2) is 53.1 Å². The normalized spacial score (nSPS) is 19.2. The minimum Gasteiger partial charge on any atom is -0.353 e. The van der Waals surface area contributed by atoms with Crippen LogP contribution >= 0.6 is 28.3 Å². The molecule has 8 heteroatoms. The first kappa shape index (κ1) is 29.0. The molecule has 1 amide bonds. The molecule has 206 valence electrons. The lowest BCUT2D eigenvalue weighted by molar-refractivity contribution is -0.122. The molecule has 2 heterocycles. The lowest BCUT2D eigenvalue weighted by Gasteiger charge is -2.28. The average molecular weight is 609 g/mol. The number of hydrogen-bond donors (Lipinski definition) is 2. The minimum absolute atomic E-state index is 0. The first-order chi connectivity index (χ1) is 17.8. The number of amides is 1. The molecular formula is C30H37BrClF2N3O. The van der Waals surface area contributed by atoms with Gasteiger partial charge < -0.3 is 15.2 Å². The van der Waals surface area contributed by atoms with Crippen molar-refractivity contribution in [2.24, 2.45) is 5.92 Å². The van der Waals surface area contributed by atoms with Crippen LogP contribution in [0.5, 0.6) is 0 Å². The van der Waals surface area contributed by atoms with Crippen molar-refractivity contribution in [3.8, 4) is 0 Å². The zero-order valence-electron chi connectivity index (χ0n) is 21.8. The largest absolute Gasteiger partial charge is 0.353 e. The maximum absolute atomic E-state index is 13.8. The topological polar surface area (TPSA) is 46.1 Å². The van der Waals surface area contributed by atoms with E-state index in [1.807, 2.05) is 6.07 Å². The maximum atomic E-state index is 13.8. The molecule has 4 nitrogen and oxygen atoms in total. The van der Waals surface area contributed by atoms with E-state index in [9.17, 15) is 13.6 Å². The Kier molecular flexibility index (Phi) is 9.53. The predicted molar refractivity (Wildman–Crippen MR) is 155 cm³/mol. The molecule has 1 aromatic heterocycles. The van der Waals surface area contributed by atoms with Crippen molar-refractivity contribution < 1.29 is 13.6 Å². The van der Waals surface area contributed by atoms with Crippen LogP contribution in [0, 0.1) is 12.8 Å². The number of carbonyl (C=O) groups excluding carboxylic acids is 1. The van der Waals surface area contributed by atoms with Gasteiger partial charge in [-0.15, -0.1) is 12.4 Å². The molecule has 1 aliphatic heterocycles. The Hall–Kier alpha value is -1.96. The van der Waals surface area contributed by atoms with E-state index in [4.69, 9.17) is 0 Å². The van der Waals surface area contributed by atoms with Crippen LogP contribution in [-0.4, -0.2) is 35.5 Å². The number of benzene rings is 2. The highest BCUT2D eigenvalue weighted by molar-refractivity contribution is 9.10. The number of carbonyl (C=O) groups is 1. The zero-order valence-corrected chi connectivity index (χ0v) is 24.2. The van der Waals surface area contributed by atoms with E-state index in [-0.39, 0.29) is 49.0 Å². The SMILES string of the molecule is Cc1cccc(C(CC(=O)NC2CCNCC2)c2cn(CC3CCC(F)(F)CC3)c3ccc(Br)cc23)c1.Cl. The Morgan fingerprint density at radius 3 is 2.58 bits per heavy atom. The molecule has 5 rings (SSSR count). The van der Waals surface area contributed by atoms with E-state index < -0.39 is 5.92 Å². The summed E-state index contributed by atoms with van der Waals surface area (Å²) in [6.45, 7) is 4.66. The van der Waals surface area contributed by atoms with E-state index >= 15 is 0 Å². The summed E-state index contributed by atoms with van der Waals surface area (Å²) in [6.07, 6.45) is 5.47. The van der Waals surface area contributed by atoms with Gasteiger partial charge in [0.2, 0.25) is 11.8 Å². The molecule has 1 aliphatic carbocycles. The van der Waals surface area contributed by atoms with E-state index in [1.165, 1.54) is 0 Å². The van der Waals surface area contributed by atoms with E-state index in [0.717, 1.165) is 64.5 Å². The highest BCUT2D eigenvalue weighted by atomic mass is 79.9. The fourth-order valence-corrected chi connectivity index (χ4v) is 6.38. The lowest BCUT2D eigenvalue weighted by Crippen LogP contribution is -2.43. The van der Waals surface area contributed by atoms with Crippen LogP contribution in [0.4, 0.5) is 8.78 Å². The van der Waals surface area contributed by atoms with Crippen LogP contribution in [0.1, 0.15) is 67.6 Å². The van der Waals surface area contributed by atoms with Gasteiger partial charge in [0.1, 0.15) is 0 Å². The van der Waals surface area contributed by atoms with Crippen LogP contribution in [0.25, 0.3) is 10.9 Å². The van der Waals surface area contributed by atoms with Crippen molar-refractivity contribution in [3.05, 3.63) is 69.8 Å². The summed E-state index contributed by atoms with van der Waals surface area (Å²) in [6, 6.07) is 14.9. The Bertz CT molecular complexity index is 1250. The molecule has 0 spiro atoms. The van der Waals surface area contributed by atoms with Gasteiger partial charge in [-0.1, -0.05) is 45.8 Å². The number of hydrogen-bond acceptors (Lipinski definition) is 2. The van der Waals surface area contributed by atoms with Crippen LogP contribution in [-0.2, 0) is 11.3 Å². The van der Waals surface area contributed by atoms with Crippen LogP contribution < -0.4 is 10.6 Å². The van der Waals surface area contributed by atoms with E-state index in [2.05, 4.69) is 80.6 Å². The summed E-state index contributed by atoms with van der Waals surface area (Å²) in [5.41, 5.74) is 4.49. The van der Waals surface area contributed by atoms with Gasteiger partial charge in [-0.25, -0.2) is 8.78 Å². The summed E-state index contributed by atoms with van der Waals surface area (Å²) in [7, 11) is 0. The number of nitrogens with zero attached hydrogens (tertiary/aromatic N) is 1. The molecule has 2 N–H and O–H groups in total. The van der Waals surface area contributed by atoms with Gasteiger partial charge in [0.25, 0.3) is 0 Å². The summed E-state index contributed by atoms with van der Waals surface area (Å²) >= 11 is 3.64. The average Bonchev–Trinajstić information content (AvgIpc) is 3.21. The number of rotatable bonds is 7. The monoisotopic (exact) mass is 607 g/mol. The number of fused-ring (bicyclic) bond motifs is 1. The molecule has 2 fully saturated rings. The zero-order chi connectivity index (χ0) is 26.0. The molecule has 1 atom stereocenters. The van der Waals surface area contributed by atoms with E-state index in [0.29, 0.717) is 19.3 Å². The summed E-state index contributed by atoms with van der Waals surface area (Å²) in [5, 5.41) is 7.74. The highest BCUT2D eigenvalue weighted by Gasteiger charge is 2.35. The number of alkyl halides is 2. The highest BCUT2D eigenvalue weighted by Crippen LogP contribution is 2.40. The van der Waals surface area contributed by atoms with Crippen molar-refractivity contribution in [1.82, 2.24) is 15.2 Å². The third kappa shape index (κ3) is 6.97. The van der Waals surface area contributed by atoms with Crippen molar-refractivity contribution >= 4 is 45.1 Å². The van der Waals surface area contributed by atoms with Crippen molar-refractivity contribution in [2.75, 3.05) is 13.1 Å². The third-order valence-corrected chi connectivity index (χ3v) is 8.57. The number of aromatic nitrogens is 1. The van der Waals surface area contributed by atoms with Crippen molar-refractivity contribution in [3.63, 3.8) is 0 Å².